The van der Waals surface area contributed by atoms with E-state index in [0.717, 1.165) is 17.4 Å². The Kier molecular flexibility index (Phi) is 2.71. The van der Waals surface area contributed by atoms with E-state index >= 15 is 0 Å². The van der Waals surface area contributed by atoms with E-state index in [9.17, 15) is 18.3 Å². The zero-order valence-corrected chi connectivity index (χ0v) is 10.1. The van der Waals surface area contributed by atoms with E-state index in [4.69, 9.17) is 0 Å². The topological polar surface area (TPSA) is 20.2 Å². The van der Waals surface area contributed by atoms with Crippen molar-refractivity contribution in [3.05, 3.63) is 34.7 Å². The van der Waals surface area contributed by atoms with Gasteiger partial charge in [0.15, 0.2) is 0 Å². The monoisotopic (exact) mass is 260 g/mol. The lowest BCUT2D eigenvalue weighted by molar-refractivity contribution is -0.136. The Balaban J connectivity index is 2.74. The van der Waals surface area contributed by atoms with Crippen LogP contribution >= 0.6 is 11.3 Å². The molecule has 1 N–H and O–H groups in total. The van der Waals surface area contributed by atoms with E-state index in [2.05, 4.69) is 0 Å². The van der Waals surface area contributed by atoms with E-state index in [1.165, 1.54) is 6.07 Å². The average molecular weight is 260 g/mol. The fourth-order valence-corrected chi connectivity index (χ4v) is 3.02. The van der Waals surface area contributed by atoms with Crippen LogP contribution in [0.2, 0.25) is 0 Å². The number of halogens is 3. The van der Waals surface area contributed by atoms with Gasteiger partial charge in [0.25, 0.3) is 0 Å². The fourth-order valence-electron chi connectivity index (χ4n) is 1.75. The van der Waals surface area contributed by atoms with Gasteiger partial charge in [-0.2, -0.15) is 13.2 Å². The zero-order chi connectivity index (χ0) is 12.8. The molecule has 0 atom stereocenters. The summed E-state index contributed by atoms with van der Waals surface area (Å²) in [6.45, 7) is 3.13. The van der Waals surface area contributed by atoms with Crippen molar-refractivity contribution in [1.29, 1.82) is 0 Å². The molecule has 0 spiro atoms. The standard InChI is InChI=1S/C12H11F3OS/c1-11(2,16)9-6-17-10-7(9)4-3-5-8(10)12(13,14)15/h3-6,16H,1-2H3. The highest BCUT2D eigenvalue weighted by molar-refractivity contribution is 7.17. The third-order valence-corrected chi connectivity index (χ3v) is 3.59. The highest BCUT2D eigenvalue weighted by Crippen LogP contribution is 2.41. The third-order valence-electron chi connectivity index (χ3n) is 2.56. The highest BCUT2D eigenvalue weighted by atomic mass is 32.1. The maximum Gasteiger partial charge on any atom is 0.417 e. The molecule has 0 aliphatic heterocycles. The smallest absolute Gasteiger partial charge is 0.386 e. The number of rotatable bonds is 1. The largest absolute Gasteiger partial charge is 0.417 e. The summed E-state index contributed by atoms with van der Waals surface area (Å²) in [5.74, 6) is 0. The number of thiophene rings is 1. The highest BCUT2D eigenvalue weighted by Gasteiger charge is 2.34. The third kappa shape index (κ3) is 2.17. The van der Waals surface area contributed by atoms with Crippen LogP contribution in [-0.4, -0.2) is 5.11 Å². The van der Waals surface area contributed by atoms with Crippen LogP contribution in [0.5, 0.6) is 0 Å². The lowest BCUT2D eigenvalue weighted by Crippen LogP contribution is -2.14. The van der Waals surface area contributed by atoms with Crippen molar-refractivity contribution in [2.24, 2.45) is 0 Å². The van der Waals surface area contributed by atoms with Crippen molar-refractivity contribution in [1.82, 2.24) is 0 Å². The molecule has 0 radical (unpaired) electrons. The molecule has 0 aliphatic carbocycles. The van der Waals surface area contributed by atoms with Gasteiger partial charge in [-0.15, -0.1) is 11.3 Å². The molecule has 0 unspecified atom stereocenters. The molecule has 2 rings (SSSR count). The first-order valence-electron chi connectivity index (χ1n) is 5.01. The molecule has 0 saturated carbocycles. The Morgan fingerprint density at radius 2 is 1.76 bits per heavy atom. The molecule has 0 fully saturated rings. The molecule has 1 aromatic heterocycles. The Morgan fingerprint density at radius 3 is 2.29 bits per heavy atom. The molecular formula is C12H11F3OS. The van der Waals surface area contributed by atoms with Crippen LogP contribution in [0.15, 0.2) is 23.6 Å². The summed E-state index contributed by atoms with van der Waals surface area (Å²) in [6, 6.07) is 4.04. The summed E-state index contributed by atoms with van der Waals surface area (Å²) in [5, 5.41) is 11.9. The first-order chi connectivity index (χ1) is 7.71. The van der Waals surface area contributed by atoms with Crippen molar-refractivity contribution in [2.45, 2.75) is 25.6 Å². The maximum absolute atomic E-state index is 12.8. The van der Waals surface area contributed by atoms with E-state index in [0.29, 0.717) is 10.9 Å². The average Bonchev–Trinajstić information content (AvgIpc) is 2.57. The second-order valence-corrected chi connectivity index (χ2v) is 5.27. The van der Waals surface area contributed by atoms with Gasteiger partial charge in [0.1, 0.15) is 0 Å². The van der Waals surface area contributed by atoms with Crippen molar-refractivity contribution in [3.63, 3.8) is 0 Å². The van der Waals surface area contributed by atoms with Crippen LogP contribution in [-0.2, 0) is 11.8 Å². The molecular weight excluding hydrogens is 249 g/mol. The summed E-state index contributed by atoms with van der Waals surface area (Å²) in [5.41, 5.74) is -1.25. The van der Waals surface area contributed by atoms with Gasteiger partial charge < -0.3 is 5.11 Å². The second kappa shape index (κ2) is 3.71. The lowest BCUT2D eigenvalue weighted by Gasteiger charge is -2.16. The van der Waals surface area contributed by atoms with Crippen LogP contribution in [0.25, 0.3) is 10.1 Å². The minimum Gasteiger partial charge on any atom is -0.386 e. The van der Waals surface area contributed by atoms with E-state index in [1.807, 2.05) is 0 Å². The van der Waals surface area contributed by atoms with E-state index in [-0.39, 0.29) is 4.70 Å². The molecule has 17 heavy (non-hydrogen) atoms. The fraction of sp³-hybridized carbons (Fsp3) is 0.333. The Bertz CT molecular complexity index is 549. The second-order valence-electron chi connectivity index (χ2n) is 4.39. The van der Waals surface area contributed by atoms with Crippen molar-refractivity contribution in [3.8, 4) is 0 Å². The molecule has 2 aromatic rings. The number of fused-ring (bicyclic) bond motifs is 1. The van der Waals surface area contributed by atoms with Crippen LogP contribution in [0, 0.1) is 0 Å². The molecule has 1 nitrogen and oxygen atoms in total. The Hall–Kier alpha value is -1.07. The first-order valence-corrected chi connectivity index (χ1v) is 5.89. The number of aliphatic hydroxyl groups is 1. The molecule has 1 aromatic carbocycles. The van der Waals surface area contributed by atoms with Crippen LogP contribution in [0.3, 0.4) is 0 Å². The molecule has 0 saturated heterocycles. The van der Waals surface area contributed by atoms with Gasteiger partial charge in [0.05, 0.1) is 11.2 Å². The first kappa shape index (κ1) is 12.4. The zero-order valence-electron chi connectivity index (χ0n) is 9.30. The summed E-state index contributed by atoms with van der Waals surface area (Å²) < 4.78 is 38.5. The lowest BCUT2D eigenvalue weighted by atomic mass is 9.97. The minimum atomic E-state index is -4.36. The van der Waals surface area contributed by atoms with Gasteiger partial charge in [-0.25, -0.2) is 0 Å². The van der Waals surface area contributed by atoms with Crippen LogP contribution in [0.4, 0.5) is 13.2 Å². The quantitative estimate of drug-likeness (QED) is 0.816. The Labute approximate surface area is 101 Å². The minimum absolute atomic E-state index is 0.178. The van der Waals surface area contributed by atoms with E-state index in [1.54, 1.807) is 25.3 Å². The summed E-state index contributed by atoms with van der Waals surface area (Å²) in [7, 11) is 0. The molecule has 92 valence electrons. The van der Waals surface area contributed by atoms with Gasteiger partial charge >= 0.3 is 6.18 Å². The van der Waals surface area contributed by atoms with E-state index < -0.39 is 17.3 Å². The van der Waals surface area contributed by atoms with Gasteiger partial charge in [-0.05, 0) is 30.7 Å². The van der Waals surface area contributed by atoms with Crippen LogP contribution < -0.4 is 0 Å². The van der Waals surface area contributed by atoms with Gasteiger partial charge in [-0.1, -0.05) is 12.1 Å². The SMILES string of the molecule is CC(C)(O)c1csc2c(C(F)(F)F)cccc12. The molecule has 0 amide bonds. The number of benzene rings is 1. The van der Waals surface area contributed by atoms with Crippen molar-refractivity contribution >= 4 is 21.4 Å². The predicted octanol–water partition coefficient (Wildman–Crippen LogP) is 4.15. The predicted molar refractivity (Wildman–Crippen MR) is 62.1 cm³/mol. The summed E-state index contributed by atoms with van der Waals surface area (Å²) in [6.07, 6.45) is -4.36. The molecule has 0 bridgehead atoms. The molecule has 5 heteroatoms. The van der Waals surface area contributed by atoms with Crippen LogP contribution in [0.1, 0.15) is 25.0 Å². The molecule has 1 heterocycles. The van der Waals surface area contributed by atoms with Gasteiger partial charge in [0.2, 0.25) is 0 Å². The van der Waals surface area contributed by atoms with Gasteiger partial charge in [-0.3, -0.25) is 0 Å². The van der Waals surface area contributed by atoms with Crippen molar-refractivity contribution in [2.75, 3.05) is 0 Å². The molecule has 0 aliphatic rings. The Morgan fingerprint density at radius 1 is 1.12 bits per heavy atom. The normalized spacial score (nSPS) is 13.3. The summed E-state index contributed by atoms with van der Waals surface area (Å²) >= 11 is 1.01. The number of hydrogen-bond acceptors (Lipinski definition) is 2. The van der Waals surface area contributed by atoms with Crippen molar-refractivity contribution < 1.29 is 18.3 Å². The summed E-state index contributed by atoms with van der Waals surface area (Å²) in [4.78, 5) is 0. The number of alkyl halides is 3. The van der Waals surface area contributed by atoms with Gasteiger partial charge in [0, 0.05) is 10.3 Å². The maximum atomic E-state index is 12.8. The number of hydrogen-bond donors (Lipinski definition) is 1.